The van der Waals surface area contributed by atoms with Gasteiger partial charge in [0.15, 0.2) is 5.83 Å². The summed E-state index contributed by atoms with van der Waals surface area (Å²) in [6.45, 7) is 12.0. The predicted molar refractivity (Wildman–Crippen MR) is 151 cm³/mol. The summed E-state index contributed by atoms with van der Waals surface area (Å²) < 4.78 is 31.3. The fraction of sp³-hybridized carbons (Fsp3) is 0.357. The number of rotatable bonds is 5. The van der Waals surface area contributed by atoms with E-state index in [0.717, 1.165) is 10.8 Å². The summed E-state index contributed by atoms with van der Waals surface area (Å²) in [5.74, 6) is 0.653. The lowest BCUT2D eigenvalue weighted by Gasteiger charge is -2.35. The second-order valence-electron chi connectivity index (χ2n) is 9.89. The van der Waals surface area contributed by atoms with Crippen LogP contribution in [0.25, 0.3) is 16.3 Å². The van der Waals surface area contributed by atoms with E-state index in [1.54, 1.807) is 24.2 Å². The van der Waals surface area contributed by atoms with E-state index in [4.69, 9.17) is 21.1 Å². The van der Waals surface area contributed by atoms with Gasteiger partial charge in [-0.25, -0.2) is 13.6 Å². The normalized spacial score (nSPS) is 18.4. The Morgan fingerprint density at radius 3 is 2.57 bits per heavy atom. The molecule has 0 bridgehead atoms. The van der Waals surface area contributed by atoms with Gasteiger partial charge in [-0.05, 0) is 72.8 Å². The van der Waals surface area contributed by atoms with Gasteiger partial charge in [0.1, 0.15) is 17.1 Å². The van der Waals surface area contributed by atoms with Gasteiger partial charge in [-0.1, -0.05) is 42.4 Å². The standard InChI is InChI=1S/C28H31ClFN3O3S/c1-18-14-23(29)24(22-16-20(35-5)15-19-8-6-7-9-21(19)22)25(30)26(18)31-37-17-32-10-12-33(13-11-32)27(34)36-28(2,3)4/h6-9,14-16H,1,10-13,17H2,2-5H3. The number of carbonyl (C=O) groups is 1. The molecule has 196 valence electrons. The van der Waals surface area contributed by atoms with Crippen LogP contribution in [-0.4, -0.2) is 66.4 Å². The molecule has 2 aromatic rings. The largest absolute Gasteiger partial charge is 0.497 e. The Hall–Kier alpha value is -2.81. The fourth-order valence-electron chi connectivity index (χ4n) is 4.17. The summed E-state index contributed by atoms with van der Waals surface area (Å²) in [5, 5.41) is 2.05. The van der Waals surface area contributed by atoms with Gasteiger partial charge in [0, 0.05) is 31.8 Å². The SMILES string of the molecule is C=C1C=C(Cl)C(c2cc(OC)cc3ccccc23)=C(F)C1=NSCN1CCN(C(=O)OC(C)(C)C)CC1. The fourth-order valence-corrected chi connectivity index (χ4v) is 5.29. The molecule has 0 saturated carbocycles. The number of piperazine rings is 1. The molecular weight excluding hydrogens is 513 g/mol. The molecule has 0 N–H and O–H groups in total. The van der Waals surface area contributed by atoms with Crippen molar-refractivity contribution < 1.29 is 18.7 Å². The summed E-state index contributed by atoms with van der Waals surface area (Å²) in [5.41, 5.74) is 0.976. The molecule has 0 unspecified atom stereocenters. The van der Waals surface area contributed by atoms with E-state index in [-0.39, 0.29) is 22.4 Å². The highest BCUT2D eigenvalue weighted by Crippen LogP contribution is 2.41. The molecule has 1 aliphatic heterocycles. The first-order valence-corrected chi connectivity index (χ1v) is 13.3. The van der Waals surface area contributed by atoms with E-state index >= 15 is 4.39 Å². The molecule has 1 amide bonds. The Bertz CT molecular complexity index is 1310. The smallest absolute Gasteiger partial charge is 0.410 e. The monoisotopic (exact) mass is 543 g/mol. The topological polar surface area (TPSA) is 54.4 Å². The molecule has 0 aromatic heterocycles. The van der Waals surface area contributed by atoms with Gasteiger partial charge in [0.2, 0.25) is 0 Å². The molecule has 1 fully saturated rings. The highest BCUT2D eigenvalue weighted by molar-refractivity contribution is 7.98. The zero-order chi connectivity index (χ0) is 26.7. The van der Waals surface area contributed by atoms with Crippen LogP contribution in [-0.2, 0) is 4.74 Å². The third-order valence-electron chi connectivity index (χ3n) is 6.03. The average molecular weight is 544 g/mol. The van der Waals surface area contributed by atoms with Crippen LogP contribution in [0, 0.1) is 0 Å². The maximum atomic E-state index is 15.9. The zero-order valence-electron chi connectivity index (χ0n) is 21.5. The number of carbonyl (C=O) groups excluding carboxylic acids is 1. The molecular formula is C28H31ClFN3O3S. The third-order valence-corrected chi connectivity index (χ3v) is 7.12. The predicted octanol–water partition coefficient (Wildman–Crippen LogP) is 6.82. The number of amides is 1. The van der Waals surface area contributed by atoms with E-state index in [1.165, 1.54) is 11.9 Å². The van der Waals surface area contributed by atoms with E-state index in [2.05, 4.69) is 15.9 Å². The third kappa shape index (κ3) is 6.37. The first-order chi connectivity index (χ1) is 17.6. The first-order valence-electron chi connectivity index (χ1n) is 12.0. The molecule has 9 heteroatoms. The van der Waals surface area contributed by atoms with Gasteiger partial charge in [-0.3, -0.25) is 4.90 Å². The van der Waals surface area contributed by atoms with E-state index in [1.807, 2.05) is 51.1 Å². The number of methoxy groups -OCH3 is 1. The molecule has 6 nitrogen and oxygen atoms in total. The van der Waals surface area contributed by atoms with Crippen molar-refractivity contribution >= 4 is 51.7 Å². The van der Waals surface area contributed by atoms with Crippen LogP contribution in [0.1, 0.15) is 26.3 Å². The Morgan fingerprint density at radius 2 is 1.89 bits per heavy atom. The second-order valence-corrected chi connectivity index (χ2v) is 11.0. The second kappa shape index (κ2) is 11.3. The Morgan fingerprint density at radius 1 is 1.19 bits per heavy atom. The molecule has 1 saturated heterocycles. The lowest BCUT2D eigenvalue weighted by molar-refractivity contribution is 0.0160. The number of benzene rings is 2. The molecule has 0 radical (unpaired) electrons. The minimum atomic E-state index is -0.520. The van der Waals surface area contributed by atoms with E-state index < -0.39 is 11.4 Å². The van der Waals surface area contributed by atoms with Gasteiger partial charge in [-0.15, -0.1) is 0 Å². The van der Waals surface area contributed by atoms with Gasteiger partial charge < -0.3 is 14.4 Å². The van der Waals surface area contributed by atoms with Crippen LogP contribution in [0.3, 0.4) is 0 Å². The van der Waals surface area contributed by atoms with Crippen molar-refractivity contribution in [3.8, 4) is 5.75 Å². The van der Waals surface area contributed by atoms with Crippen LogP contribution < -0.4 is 4.74 Å². The van der Waals surface area contributed by atoms with Crippen LogP contribution in [0.2, 0.25) is 0 Å². The molecule has 4 rings (SSSR count). The van der Waals surface area contributed by atoms with Crippen molar-refractivity contribution in [2.24, 2.45) is 4.40 Å². The number of hydrogen-bond donors (Lipinski definition) is 0. The number of halogens is 2. The number of ether oxygens (including phenoxy) is 2. The molecule has 37 heavy (non-hydrogen) atoms. The Labute approximate surface area is 226 Å². The molecule has 0 spiro atoms. The summed E-state index contributed by atoms with van der Waals surface area (Å²) in [6, 6.07) is 11.4. The summed E-state index contributed by atoms with van der Waals surface area (Å²) in [4.78, 5) is 16.2. The lowest BCUT2D eigenvalue weighted by atomic mass is 9.91. The molecule has 1 aliphatic carbocycles. The van der Waals surface area contributed by atoms with Crippen molar-refractivity contribution in [3.05, 3.63) is 71.0 Å². The quantitative estimate of drug-likeness (QED) is 0.387. The van der Waals surface area contributed by atoms with Gasteiger partial charge in [0.25, 0.3) is 0 Å². The van der Waals surface area contributed by atoms with Gasteiger partial charge >= 0.3 is 6.09 Å². The Kier molecular flexibility index (Phi) is 8.31. The van der Waals surface area contributed by atoms with Crippen molar-refractivity contribution in [2.75, 3.05) is 39.2 Å². The molecule has 2 aliphatic rings. The number of allylic oxidation sites excluding steroid dienone is 5. The lowest BCUT2D eigenvalue weighted by Crippen LogP contribution is -2.49. The summed E-state index contributed by atoms with van der Waals surface area (Å²) >= 11 is 7.80. The number of nitrogens with zero attached hydrogens (tertiary/aromatic N) is 3. The minimum Gasteiger partial charge on any atom is -0.497 e. The van der Waals surface area contributed by atoms with Crippen LogP contribution in [0.4, 0.5) is 9.18 Å². The van der Waals surface area contributed by atoms with Crippen molar-refractivity contribution in [1.82, 2.24) is 9.80 Å². The van der Waals surface area contributed by atoms with Crippen LogP contribution in [0.5, 0.6) is 5.75 Å². The minimum absolute atomic E-state index is 0.170. The molecule has 0 atom stereocenters. The van der Waals surface area contributed by atoms with Crippen LogP contribution >= 0.6 is 23.5 Å². The Balaban J connectivity index is 1.50. The molecule has 1 heterocycles. The highest BCUT2D eigenvalue weighted by Gasteiger charge is 2.28. The van der Waals surface area contributed by atoms with Crippen molar-refractivity contribution in [2.45, 2.75) is 26.4 Å². The van der Waals surface area contributed by atoms with E-state index in [9.17, 15) is 4.79 Å². The maximum Gasteiger partial charge on any atom is 0.410 e. The summed E-state index contributed by atoms with van der Waals surface area (Å²) in [7, 11) is 1.58. The summed E-state index contributed by atoms with van der Waals surface area (Å²) in [6.07, 6.45) is 1.35. The molecule has 2 aromatic carbocycles. The number of hydrogen-bond acceptors (Lipinski definition) is 6. The van der Waals surface area contributed by atoms with Gasteiger partial charge in [-0.2, -0.15) is 0 Å². The van der Waals surface area contributed by atoms with Crippen molar-refractivity contribution in [3.63, 3.8) is 0 Å². The highest BCUT2D eigenvalue weighted by atomic mass is 35.5. The number of fused-ring (bicyclic) bond motifs is 1. The van der Waals surface area contributed by atoms with E-state index in [0.29, 0.717) is 48.9 Å². The first kappa shape index (κ1) is 27.2. The van der Waals surface area contributed by atoms with Crippen molar-refractivity contribution in [1.29, 1.82) is 0 Å². The van der Waals surface area contributed by atoms with Crippen LogP contribution in [0.15, 0.2) is 69.9 Å². The average Bonchev–Trinajstić information content (AvgIpc) is 2.85. The zero-order valence-corrected chi connectivity index (χ0v) is 23.1. The maximum absolute atomic E-state index is 15.9. The van der Waals surface area contributed by atoms with Gasteiger partial charge in [0.05, 0.1) is 18.0 Å².